The number of rotatable bonds is 11. The van der Waals surface area contributed by atoms with Crippen LogP contribution in [0.3, 0.4) is 0 Å². The second-order valence-electron chi connectivity index (χ2n) is 6.08. The van der Waals surface area contributed by atoms with Gasteiger partial charge in [-0.05, 0) is 44.7 Å². The summed E-state index contributed by atoms with van der Waals surface area (Å²) in [4.78, 5) is 2.35. The minimum atomic E-state index is 0. The number of hydrogen-bond donors (Lipinski definition) is 3. The molecule has 25 heavy (non-hydrogen) atoms. The number of aromatic amines is 1. The maximum atomic E-state index is 8.03. The normalized spacial score (nSPS) is 14.7. The molecule has 0 bridgehead atoms. The van der Waals surface area contributed by atoms with Crippen molar-refractivity contribution in [1.82, 2.24) is 20.4 Å². The van der Waals surface area contributed by atoms with Crippen LogP contribution in [0.1, 0.15) is 44.7 Å². The molecule has 1 aliphatic carbocycles. The van der Waals surface area contributed by atoms with E-state index in [1.807, 2.05) is 6.07 Å². The van der Waals surface area contributed by atoms with Crippen molar-refractivity contribution in [2.24, 2.45) is 0 Å². The third kappa shape index (κ3) is 7.23. The molecular weight excluding hydrogens is 347 g/mol. The molecule has 0 amide bonds. The summed E-state index contributed by atoms with van der Waals surface area (Å²) in [5.41, 5.74) is 9.65. The first-order valence-corrected chi connectivity index (χ1v) is 9.02. The van der Waals surface area contributed by atoms with E-state index >= 15 is 0 Å². The van der Waals surface area contributed by atoms with Gasteiger partial charge in [-0.2, -0.15) is 5.10 Å². The van der Waals surface area contributed by atoms with Crippen molar-refractivity contribution < 1.29 is 29.6 Å². The molecule has 4 N–H and O–H groups in total. The Bertz CT molecular complexity index is 577. The second kappa shape index (κ2) is 11.1. The predicted molar refractivity (Wildman–Crippen MR) is 101 cm³/mol. The Morgan fingerprint density at radius 2 is 2.12 bits per heavy atom. The monoisotopic (exact) mass is 374 g/mol. The molecule has 0 aliphatic heterocycles. The molecule has 1 aromatic heterocycles. The van der Waals surface area contributed by atoms with E-state index in [0.29, 0.717) is 24.0 Å². The smallest absolute Gasteiger partial charge is 0.481 e. The van der Waals surface area contributed by atoms with Gasteiger partial charge < -0.3 is 21.3 Å². The van der Waals surface area contributed by atoms with Crippen LogP contribution in [0.15, 0.2) is 29.2 Å². The molecule has 134 valence electrons. The van der Waals surface area contributed by atoms with Crippen LogP contribution >= 0.6 is 11.6 Å². The van der Waals surface area contributed by atoms with Gasteiger partial charge in [0.15, 0.2) is 5.82 Å². The Balaban J connectivity index is 0.00000312. The number of H-pyrrole nitrogens is 1. The van der Waals surface area contributed by atoms with Crippen molar-refractivity contribution in [2.45, 2.75) is 39.0 Å². The first-order valence-electron chi connectivity index (χ1n) is 8.64. The van der Waals surface area contributed by atoms with Crippen LogP contribution in [0.2, 0.25) is 0 Å². The van der Waals surface area contributed by atoms with Gasteiger partial charge in [-0.3, -0.25) is 5.10 Å². The molecule has 0 spiro atoms. The molecule has 1 heterocycles. The summed E-state index contributed by atoms with van der Waals surface area (Å²) < 4.78 is 0. The van der Waals surface area contributed by atoms with E-state index in [4.69, 9.17) is 17.3 Å². The standard InChI is InChI=1S/C17H28ClN6.Na/c1-4-24(5-2)10-6-9-20-17(19)16(18)12(3)21-15-11-14(22-23-15)13-7-8-13;/h11,13,19-20H,3-10H2,1-2H3,(H2,21,22,23);/q-1;+1/b17-16-;. The first kappa shape index (κ1) is 22.4. The van der Waals surface area contributed by atoms with Crippen molar-refractivity contribution in [1.29, 1.82) is 0 Å². The largest absolute Gasteiger partial charge is 1.00 e. The van der Waals surface area contributed by atoms with Gasteiger partial charge in [0.2, 0.25) is 0 Å². The van der Waals surface area contributed by atoms with Gasteiger partial charge in [0.1, 0.15) is 0 Å². The van der Waals surface area contributed by atoms with Crippen molar-refractivity contribution >= 4 is 17.4 Å². The number of anilines is 1. The van der Waals surface area contributed by atoms with Crippen LogP contribution < -0.4 is 40.2 Å². The summed E-state index contributed by atoms with van der Waals surface area (Å²) in [6.07, 6.45) is 3.41. The van der Waals surface area contributed by atoms with Crippen LogP contribution in [0.25, 0.3) is 5.73 Å². The molecule has 1 fully saturated rings. The summed E-state index contributed by atoms with van der Waals surface area (Å²) in [6, 6.07) is 1.98. The molecule has 1 aromatic rings. The fourth-order valence-electron chi connectivity index (χ4n) is 2.50. The molecule has 8 heteroatoms. The molecule has 0 unspecified atom stereocenters. The molecule has 1 saturated carbocycles. The van der Waals surface area contributed by atoms with E-state index in [-0.39, 0.29) is 40.4 Å². The van der Waals surface area contributed by atoms with Crippen LogP contribution in [-0.2, 0) is 0 Å². The molecule has 1 aliphatic rings. The van der Waals surface area contributed by atoms with Gasteiger partial charge in [0, 0.05) is 17.7 Å². The third-order valence-corrected chi connectivity index (χ3v) is 4.64. The number of nitrogens with one attached hydrogen (secondary N) is 4. The van der Waals surface area contributed by atoms with Crippen LogP contribution in [-0.4, -0.2) is 41.3 Å². The average molecular weight is 375 g/mol. The van der Waals surface area contributed by atoms with Crippen LogP contribution in [0.4, 0.5) is 5.82 Å². The fraction of sp³-hybridized carbons (Fsp3) is 0.588. The summed E-state index contributed by atoms with van der Waals surface area (Å²) in [7, 11) is 0. The van der Waals surface area contributed by atoms with Gasteiger partial charge >= 0.3 is 29.6 Å². The Kier molecular flexibility index (Phi) is 9.97. The third-order valence-electron chi connectivity index (χ3n) is 4.23. The van der Waals surface area contributed by atoms with Gasteiger partial charge in [-0.15, -0.1) is 0 Å². The number of hydrogen-bond acceptors (Lipinski definition) is 4. The zero-order valence-electron chi connectivity index (χ0n) is 15.6. The van der Waals surface area contributed by atoms with Crippen molar-refractivity contribution in [3.63, 3.8) is 0 Å². The zero-order valence-corrected chi connectivity index (χ0v) is 18.3. The van der Waals surface area contributed by atoms with E-state index in [9.17, 15) is 0 Å². The van der Waals surface area contributed by atoms with Gasteiger partial charge in [0.25, 0.3) is 0 Å². The van der Waals surface area contributed by atoms with E-state index < -0.39 is 0 Å². The molecule has 2 rings (SSSR count). The van der Waals surface area contributed by atoms with Gasteiger partial charge in [-0.1, -0.05) is 38.6 Å². The Morgan fingerprint density at radius 3 is 2.72 bits per heavy atom. The number of aromatic nitrogens is 2. The summed E-state index contributed by atoms with van der Waals surface area (Å²) in [5, 5.41) is 13.6. The molecule has 6 nitrogen and oxygen atoms in total. The van der Waals surface area contributed by atoms with Crippen LogP contribution in [0, 0.1) is 0 Å². The molecular formula is C17H28ClN6Na. The maximum absolute atomic E-state index is 8.03. The number of halogens is 1. The molecule has 0 aromatic carbocycles. The topological polar surface area (TPSA) is 79.8 Å². The fourth-order valence-corrected chi connectivity index (χ4v) is 2.61. The summed E-state index contributed by atoms with van der Waals surface area (Å²) in [6.45, 7) is 12.0. The Labute approximate surface area is 177 Å². The number of nitrogens with zero attached hydrogens (tertiary/aromatic N) is 2. The average Bonchev–Trinajstić information content (AvgIpc) is 3.34. The molecule has 0 saturated heterocycles. The minimum absolute atomic E-state index is 0. The maximum Gasteiger partial charge on any atom is 1.00 e. The zero-order chi connectivity index (χ0) is 17.5. The van der Waals surface area contributed by atoms with Crippen LogP contribution in [0.5, 0.6) is 0 Å². The first-order chi connectivity index (χ1) is 11.5. The summed E-state index contributed by atoms with van der Waals surface area (Å²) >= 11 is 6.23. The Morgan fingerprint density at radius 1 is 1.44 bits per heavy atom. The van der Waals surface area contributed by atoms with Crippen molar-refractivity contribution in [3.8, 4) is 0 Å². The Hall–Kier alpha value is -0.660. The van der Waals surface area contributed by atoms with Crippen molar-refractivity contribution in [3.05, 3.63) is 40.6 Å². The second-order valence-corrected chi connectivity index (χ2v) is 6.46. The SMILES string of the molecule is C=C(Nc1cc(C2CC2)[nH]n1)/C(Cl)=C(\[NH-])NCCCN(CC)CC.[Na+]. The molecule has 0 atom stereocenters. The van der Waals surface area contributed by atoms with Gasteiger partial charge in [0.05, 0.1) is 10.7 Å². The minimum Gasteiger partial charge on any atom is -0.481 e. The summed E-state index contributed by atoms with van der Waals surface area (Å²) in [5.74, 6) is 1.49. The number of allylic oxidation sites excluding steroid dienone is 1. The van der Waals surface area contributed by atoms with E-state index in [1.165, 1.54) is 12.8 Å². The quantitative estimate of drug-likeness (QED) is 0.307. The predicted octanol–water partition coefficient (Wildman–Crippen LogP) is 0.998. The van der Waals surface area contributed by atoms with E-state index in [2.05, 4.69) is 46.2 Å². The van der Waals surface area contributed by atoms with Gasteiger partial charge in [-0.25, -0.2) is 0 Å². The van der Waals surface area contributed by atoms with Crippen molar-refractivity contribution in [2.75, 3.05) is 31.5 Å². The van der Waals surface area contributed by atoms with E-state index in [1.54, 1.807) is 0 Å². The van der Waals surface area contributed by atoms with E-state index in [0.717, 1.165) is 31.7 Å². The molecule has 0 radical (unpaired) electrons.